The topological polar surface area (TPSA) is 256 Å². The highest BCUT2D eigenvalue weighted by Crippen LogP contribution is 2.22. The molecule has 19 nitrogen and oxygen atoms in total. The van der Waals surface area contributed by atoms with Gasteiger partial charge in [-0.2, -0.15) is 10.5 Å². The summed E-state index contributed by atoms with van der Waals surface area (Å²) >= 11 is 0. The lowest BCUT2D eigenvalue weighted by atomic mass is 10.0. The molecule has 0 spiro atoms. The van der Waals surface area contributed by atoms with Gasteiger partial charge >= 0.3 is 0 Å². The van der Waals surface area contributed by atoms with E-state index in [1.54, 1.807) is 65.1 Å². The predicted octanol–water partition coefficient (Wildman–Crippen LogP) is 2.67. The molecule has 67 heavy (non-hydrogen) atoms. The number of hydrogen-bond acceptors (Lipinski definition) is 16. The molecule has 4 unspecified atom stereocenters. The van der Waals surface area contributed by atoms with Crippen molar-refractivity contribution >= 4 is 11.8 Å². The lowest BCUT2D eigenvalue weighted by Gasteiger charge is -2.38. The number of methoxy groups -OCH3 is 4. The molecule has 2 saturated heterocycles. The number of carbonyl (C=O) groups excluding carboxylic acids is 2. The van der Waals surface area contributed by atoms with Crippen LogP contribution in [0.2, 0.25) is 0 Å². The van der Waals surface area contributed by atoms with Gasteiger partial charge < -0.3 is 55.5 Å². The first-order valence-electron chi connectivity index (χ1n) is 22.5. The maximum atomic E-state index is 12.8. The summed E-state index contributed by atoms with van der Waals surface area (Å²) in [7, 11) is 6.53. The third-order valence-corrected chi connectivity index (χ3v) is 11.7. The maximum Gasteiger partial charge on any atom is 0.255 e. The number of rotatable bonds is 22. The minimum absolute atomic E-state index is 0. The summed E-state index contributed by atoms with van der Waals surface area (Å²) in [6.45, 7) is 8.12. The first-order valence-corrected chi connectivity index (χ1v) is 22.5. The van der Waals surface area contributed by atoms with Crippen molar-refractivity contribution in [2.24, 2.45) is 0 Å². The van der Waals surface area contributed by atoms with Gasteiger partial charge in [0.2, 0.25) is 0 Å². The number of nitriles is 2. The SMILES string of the molecule is COc1ccccc1C(=O)NC1CCN(CCCCNCc2nccnc2C#N)CC1OC.COc1ccccc1C(=O)NC1CCN(CCCCNCc2nccnc2C#N)CC1OC.O. The Bertz CT molecular complexity index is 2050. The number of para-hydroxylation sites is 2. The van der Waals surface area contributed by atoms with Crippen molar-refractivity contribution in [2.75, 3.05) is 80.8 Å². The Morgan fingerprint density at radius 3 is 1.42 bits per heavy atom. The molecule has 0 bridgehead atoms. The summed E-state index contributed by atoms with van der Waals surface area (Å²) in [5.74, 6) is 0.861. The van der Waals surface area contributed by atoms with Gasteiger partial charge in [0.15, 0.2) is 11.4 Å². The van der Waals surface area contributed by atoms with Crippen molar-refractivity contribution in [1.82, 2.24) is 51.0 Å². The number of nitrogens with one attached hydrogen (secondary N) is 4. The molecule has 2 aliphatic heterocycles. The first-order chi connectivity index (χ1) is 32.3. The number of aromatic nitrogens is 4. The Hall–Kier alpha value is -6.16. The third kappa shape index (κ3) is 16.6. The van der Waals surface area contributed by atoms with E-state index in [4.69, 9.17) is 29.5 Å². The van der Waals surface area contributed by atoms with Crippen LogP contribution in [0.5, 0.6) is 11.5 Å². The number of ether oxygens (including phenoxy) is 4. The van der Waals surface area contributed by atoms with Crippen LogP contribution in [0.3, 0.4) is 0 Å². The molecule has 19 heteroatoms. The van der Waals surface area contributed by atoms with E-state index in [1.807, 2.05) is 24.3 Å². The van der Waals surface area contributed by atoms with Gasteiger partial charge in [-0.25, -0.2) is 9.97 Å². The second-order valence-electron chi connectivity index (χ2n) is 16.0. The van der Waals surface area contributed by atoms with Crippen LogP contribution < -0.4 is 30.7 Å². The van der Waals surface area contributed by atoms with Crippen molar-refractivity contribution < 1.29 is 34.0 Å². The number of carbonyl (C=O) groups is 2. The number of likely N-dealkylation sites (tertiary alicyclic amines) is 2. The molecule has 2 aromatic heterocycles. The average Bonchev–Trinajstić information content (AvgIpc) is 3.36. The van der Waals surface area contributed by atoms with Gasteiger partial charge in [-0.3, -0.25) is 19.6 Å². The van der Waals surface area contributed by atoms with Crippen molar-refractivity contribution in [3.63, 3.8) is 0 Å². The standard InChI is InChI=1S/2C24H32N6O3.H2O/c2*1-32-22-8-4-3-7-18(22)24(31)29-19-9-14-30(17-23(19)33-2)13-6-5-10-26-16-21-20(15-25)27-11-12-28-21;/h2*3-4,7-8,11-12,19,23,26H,5-6,9-10,13-14,16-17H2,1-2H3,(H,29,31);1H2. The van der Waals surface area contributed by atoms with Gasteiger partial charge in [-0.05, 0) is 89.0 Å². The molecule has 2 aromatic carbocycles. The number of nitrogens with zero attached hydrogens (tertiary/aromatic N) is 8. The fourth-order valence-corrected chi connectivity index (χ4v) is 8.10. The summed E-state index contributed by atoms with van der Waals surface area (Å²) < 4.78 is 22.0. The minimum Gasteiger partial charge on any atom is -0.496 e. The Balaban J connectivity index is 0.000000288. The van der Waals surface area contributed by atoms with Gasteiger partial charge in [-0.1, -0.05) is 24.3 Å². The van der Waals surface area contributed by atoms with Crippen LogP contribution >= 0.6 is 0 Å². The quantitative estimate of drug-likeness (QED) is 0.0827. The van der Waals surface area contributed by atoms with Gasteiger partial charge in [0.25, 0.3) is 11.8 Å². The van der Waals surface area contributed by atoms with Gasteiger partial charge in [0.1, 0.15) is 23.6 Å². The van der Waals surface area contributed by atoms with Gasteiger partial charge in [-0.15, -0.1) is 0 Å². The average molecular weight is 923 g/mol. The van der Waals surface area contributed by atoms with E-state index in [9.17, 15) is 9.59 Å². The summed E-state index contributed by atoms with van der Waals surface area (Å²) in [4.78, 5) is 46.7. The molecule has 4 atom stereocenters. The van der Waals surface area contributed by atoms with Crippen LogP contribution in [0.15, 0.2) is 73.3 Å². The van der Waals surface area contributed by atoms with Crippen molar-refractivity contribution in [3.05, 3.63) is 107 Å². The van der Waals surface area contributed by atoms with Crippen LogP contribution in [0.1, 0.15) is 82.0 Å². The minimum atomic E-state index is -0.137. The fraction of sp³-hybridized carbons (Fsp3) is 0.500. The second kappa shape index (κ2) is 29.5. The summed E-state index contributed by atoms with van der Waals surface area (Å²) in [6.07, 6.45) is 12.0. The molecule has 0 radical (unpaired) electrons. The monoisotopic (exact) mass is 923 g/mol. The lowest BCUT2D eigenvalue weighted by molar-refractivity contribution is 0.00601. The molecule has 6 rings (SSSR count). The van der Waals surface area contributed by atoms with Crippen LogP contribution in [-0.4, -0.2) is 152 Å². The largest absolute Gasteiger partial charge is 0.496 e. The smallest absolute Gasteiger partial charge is 0.255 e. The highest BCUT2D eigenvalue weighted by molar-refractivity contribution is 5.97. The van der Waals surface area contributed by atoms with E-state index >= 15 is 0 Å². The maximum absolute atomic E-state index is 12.8. The highest BCUT2D eigenvalue weighted by atomic mass is 16.5. The fourth-order valence-electron chi connectivity index (χ4n) is 8.10. The zero-order valence-corrected chi connectivity index (χ0v) is 39.1. The lowest BCUT2D eigenvalue weighted by Crippen LogP contribution is -2.54. The van der Waals surface area contributed by atoms with Crippen LogP contribution in [0, 0.1) is 22.7 Å². The van der Waals surface area contributed by atoms with E-state index < -0.39 is 0 Å². The summed E-state index contributed by atoms with van der Waals surface area (Å²) in [6, 6.07) is 18.5. The number of amides is 2. The first kappa shape index (κ1) is 53.5. The molecular weight excluding hydrogens is 857 g/mol. The predicted molar refractivity (Wildman–Crippen MR) is 251 cm³/mol. The number of benzene rings is 2. The van der Waals surface area contributed by atoms with E-state index in [-0.39, 0.29) is 41.6 Å². The van der Waals surface area contributed by atoms with E-state index in [0.717, 1.165) is 90.9 Å². The third-order valence-electron chi connectivity index (χ3n) is 11.7. The Kier molecular flexibility index (Phi) is 23.5. The van der Waals surface area contributed by atoms with E-state index in [1.165, 1.54) is 12.4 Å². The molecule has 4 aromatic rings. The van der Waals surface area contributed by atoms with Gasteiger partial charge in [0.05, 0.1) is 61.0 Å². The van der Waals surface area contributed by atoms with Crippen molar-refractivity contribution in [1.29, 1.82) is 10.5 Å². The second-order valence-corrected chi connectivity index (χ2v) is 16.0. The number of unbranched alkanes of at least 4 members (excludes halogenated alkanes) is 2. The zero-order valence-electron chi connectivity index (χ0n) is 39.1. The summed E-state index contributed by atoms with van der Waals surface area (Å²) in [5, 5.41) is 31.1. The molecule has 360 valence electrons. The molecule has 6 N–H and O–H groups in total. The molecule has 2 amide bonds. The molecule has 4 heterocycles. The van der Waals surface area contributed by atoms with Crippen LogP contribution in [-0.2, 0) is 22.6 Å². The number of hydrogen-bond donors (Lipinski definition) is 4. The molecule has 0 saturated carbocycles. The van der Waals surface area contributed by atoms with Crippen molar-refractivity contribution in [2.45, 2.75) is 75.9 Å². The molecule has 2 aliphatic rings. The Labute approximate surface area is 393 Å². The Morgan fingerprint density at radius 2 is 1.03 bits per heavy atom. The summed E-state index contributed by atoms with van der Waals surface area (Å²) in [5.41, 5.74) is 3.18. The molecule has 2 fully saturated rings. The van der Waals surface area contributed by atoms with E-state index in [0.29, 0.717) is 58.5 Å². The van der Waals surface area contributed by atoms with Crippen molar-refractivity contribution in [3.8, 4) is 23.6 Å². The number of piperidine rings is 2. The molecule has 0 aliphatic carbocycles. The Morgan fingerprint density at radius 1 is 0.627 bits per heavy atom. The van der Waals surface area contributed by atoms with Crippen LogP contribution in [0.25, 0.3) is 0 Å². The van der Waals surface area contributed by atoms with Gasteiger partial charge in [0, 0.05) is 78.3 Å². The zero-order chi connectivity index (χ0) is 46.9. The highest BCUT2D eigenvalue weighted by Gasteiger charge is 2.32. The molecular formula is C48H66N12O7. The van der Waals surface area contributed by atoms with Crippen LogP contribution in [0.4, 0.5) is 0 Å². The van der Waals surface area contributed by atoms with E-state index in [2.05, 4.69) is 63.1 Å². The normalized spacial score (nSPS) is 18.2.